The summed E-state index contributed by atoms with van der Waals surface area (Å²) in [7, 11) is 4.51. The van der Waals surface area contributed by atoms with Crippen LogP contribution in [0.15, 0.2) is 68.3 Å². The molecule has 3 heterocycles. The molecule has 0 saturated carbocycles. The van der Waals surface area contributed by atoms with E-state index in [0.29, 0.717) is 39.5 Å². The third-order valence-corrected chi connectivity index (χ3v) is 6.63. The van der Waals surface area contributed by atoms with Gasteiger partial charge in [-0.05, 0) is 41.5 Å². The fraction of sp³-hybridized carbons (Fsp3) is 0.179. The van der Waals surface area contributed by atoms with Crippen LogP contribution in [0.2, 0.25) is 0 Å². The predicted molar refractivity (Wildman–Crippen MR) is 136 cm³/mol. The van der Waals surface area contributed by atoms with E-state index in [2.05, 4.69) is 5.16 Å². The molecule has 1 atom stereocenters. The number of carbonyl (C=O) groups is 1. The molecule has 0 aliphatic carbocycles. The first-order valence-corrected chi connectivity index (χ1v) is 11.5. The molecule has 9 nitrogen and oxygen atoms in total. The van der Waals surface area contributed by atoms with E-state index in [1.54, 1.807) is 31.2 Å². The molecule has 0 radical (unpaired) electrons. The van der Waals surface area contributed by atoms with Gasteiger partial charge in [-0.3, -0.25) is 14.5 Å². The number of hydrogen-bond acceptors (Lipinski definition) is 8. The van der Waals surface area contributed by atoms with Crippen LogP contribution in [0.4, 0.5) is 5.82 Å². The van der Waals surface area contributed by atoms with Crippen LogP contribution in [0.3, 0.4) is 0 Å². The molecule has 0 spiro atoms. The minimum Gasteiger partial charge on any atom is -0.493 e. The molecular formula is C28H22N2O7. The third-order valence-electron chi connectivity index (χ3n) is 6.63. The number of rotatable bonds is 5. The van der Waals surface area contributed by atoms with Crippen LogP contribution >= 0.6 is 0 Å². The minimum atomic E-state index is -0.889. The van der Waals surface area contributed by atoms with Gasteiger partial charge in [-0.15, -0.1) is 0 Å². The number of hydrogen-bond donors (Lipinski definition) is 0. The summed E-state index contributed by atoms with van der Waals surface area (Å²) < 4.78 is 28.0. The largest absolute Gasteiger partial charge is 0.493 e. The van der Waals surface area contributed by atoms with Crippen molar-refractivity contribution in [2.45, 2.75) is 13.0 Å². The second-order valence-corrected chi connectivity index (χ2v) is 8.67. The first-order valence-electron chi connectivity index (χ1n) is 11.5. The number of aromatic nitrogens is 1. The summed E-state index contributed by atoms with van der Waals surface area (Å²) in [6, 6.07) is 15.3. The van der Waals surface area contributed by atoms with E-state index in [0.717, 1.165) is 10.8 Å². The zero-order chi connectivity index (χ0) is 25.8. The molecule has 186 valence electrons. The van der Waals surface area contributed by atoms with Gasteiger partial charge >= 0.3 is 0 Å². The SMILES string of the molecule is COc1cc(C2c3c(oc4ccc5ccccc5c4c3=O)C(=O)N2c2cc(C)on2)cc(OC)c1OC. The molecule has 6 rings (SSSR count). The summed E-state index contributed by atoms with van der Waals surface area (Å²) in [4.78, 5) is 29.4. The maximum absolute atomic E-state index is 14.2. The Bertz CT molecular complexity index is 1740. The van der Waals surface area contributed by atoms with E-state index < -0.39 is 11.9 Å². The molecule has 0 bridgehead atoms. The number of carbonyl (C=O) groups excluding carboxylic acids is 1. The Morgan fingerprint density at radius 3 is 2.30 bits per heavy atom. The average molecular weight is 498 g/mol. The van der Waals surface area contributed by atoms with E-state index in [1.165, 1.54) is 26.2 Å². The van der Waals surface area contributed by atoms with Gasteiger partial charge in [0.15, 0.2) is 22.7 Å². The van der Waals surface area contributed by atoms with E-state index in [4.69, 9.17) is 23.2 Å². The summed E-state index contributed by atoms with van der Waals surface area (Å²) in [5.74, 6) is 1.35. The van der Waals surface area contributed by atoms with Crippen LogP contribution in [0, 0.1) is 6.92 Å². The minimum absolute atomic E-state index is 0.0489. The number of ether oxygens (including phenoxy) is 3. The number of amides is 1. The molecule has 0 fully saturated rings. The number of methoxy groups -OCH3 is 3. The quantitative estimate of drug-likeness (QED) is 0.311. The monoisotopic (exact) mass is 498 g/mol. The molecule has 1 aliphatic heterocycles. The molecule has 37 heavy (non-hydrogen) atoms. The second kappa shape index (κ2) is 8.41. The standard InChI is InChI=1S/C28H22N2O7/c1-14-11-21(29-37-14)30-24(16-12-19(33-2)26(35-4)20(13-16)34-3)23-25(31)22-17-8-6-5-7-15(17)9-10-18(22)36-27(23)28(30)32/h5-13,24H,1-4H3. The van der Waals surface area contributed by atoms with Gasteiger partial charge in [-0.25, -0.2) is 0 Å². The summed E-state index contributed by atoms with van der Waals surface area (Å²) >= 11 is 0. The molecular weight excluding hydrogens is 476 g/mol. The van der Waals surface area contributed by atoms with Gasteiger partial charge in [-0.2, -0.15) is 0 Å². The first kappa shape index (κ1) is 22.7. The lowest BCUT2D eigenvalue weighted by Crippen LogP contribution is -2.29. The van der Waals surface area contributed by atoms with Crippen molar-refractivity contribution in [2.24, 2.45) is 0 Å². The molecule has 5 aromatic rings. The van der Waals surface area contributed by atoms with Crippen molar-refractivity contribution < 1.29 is 27.9 Å². The summed E-state index contributed by atoms with van der Waals surface area (Å²) in [5, 5.41) is 6.11. The van der Waals surface area contributed by atoms with E-state index >= 15 is 0 Å². The number of nitrogens with zero attached hydrogens (tertiary/aromatic N) is 2. The maximum Gasteiger partial charge on any atom is 0.296 e. The summed E-state index contributed by atoms with van der Waals surface area (Å²) in [6.45, 7) is 1.72. The highest BCUT2D eigenvalue weighted by atomic mass is 16.5. The van der Waals surface area contributed by atoms with Crippen molar-refractivity contribution in [3.05, 3.63) is 87.5 Å². The van der Waals surface area contributed by atoms with Crippen molar-refractivity contribution >= 4 is 33.5 Å². The molecule has 1 amide bonds. The Kier molecular flexibility index (Phi) is 5.15. The number of benzene rings is 3. The highest BCUT2D eigenvalue weighted by Gasteiger charge is 2.45. The lowest BCUT2D eigenvalue weighted by molar-refractivity contribution is 0.0969. The van der Waals surface area contributed by atoms with Gasteiger partial charge < -0.3 is 23.2 Å². The fourth-order valence-corrected chi connectivity index (χ4v) is 5.01. The van der Waals surface area contributed by atoms with E-state index in [-0.39, 0.29) is 22.6 Å². The fourth-order valence-electron chi connectivity index (χ4n) is 5.01. The number of anilines is 1. The molecule has 9 heteroatoms. The predicted octanol–water partition coefficient (Wildman–Crippen LogP) is 5.02. The highest BCUT2D eigenvalue weighted by molar-refractivity contribution is 6.12. The maximum atomic E-state index is 14.2. The normalized spacial score (nSPS) is 14.9. The van der Waals surface area contributed by atoms with Gasteiger partial charge in [0.1, 0.15) is 11.3 Å². The zero-order valence-electron chi connectivity index (χ0n) is 20.5. The second-order valence-electron chi connectivity index (χ2n) is 8.67. The lowest BCUT2D eigenvalue weighted by Gasteiger charge is -2.24. The van der Waals surface area contributed by atoms with Crippen LogP contribution < -0.4 is 24.5 Å². The van der Waals surface area contributed by atoms with Gasteiger partial charge in [0.25, 0.3) is 5.91 Å². The van der Waals surface area contributed by atoms with Crippen LogP contribution in [0.25, 0.3) is 21.7 Å². The summed E-state index contributed by atoms with van der Waals surface area (Å²) in [5.41, 5.74) is 0.776. The van der Waals surface area contributed by atoms with Crippen molar-refractivity contribution in [3.8, 4) is 17.2 Å². The lowest BCUT2D eigenvalue weighted by atomic mass is 9.96. The van der Waals surface area contributed by atoms with Crippen LogP contribution in [0.5, 0.6) is 17.2 Å². The van der Waals surface area contributed by atoms with E-state index in [1.807, 2.05) is 30.3 Å². The topological polar surface area (TPSA) is 104 Å². The Labute approximate surface area is 210 Å². The molecule has 1 unspecified atom stereocenters. The number of aryl methyl sites for hydroxylation is 1. The Balaban J connectivity index is 1.70. The van der Waals surface area contributed by atoms with Gasteiger partial charge in [0.2, 0.25) is 11.5 Å². The van der Waals surface area contributed by atoms with Crippen molar-refractivity contribution in [2.75, 3.05) is 26.2 Å². The molecule has 0 saturated heterocycles. The molecule has 2 aromatic heterocycles. The van der Waals surface area contributed by atoms with Crippen molar-refractivity contribution in [1.82, 2.24) is 5.16 Å². The Morgan fingerprint density at radius 2 is 1.65 bits per heavy atom. The van der Waals surface area contributed by atoms with Crippen molar-refractivity contribution in [3.63, 3.8) is 0 Å². The number of fused-ring (bicyclic) bond motifs is 4. The Morgan fingerprint density at radius 1 is 0.919 bits per heavy atom. The van der Waals surface area contributed by atoms with Gasteiger partial charge in [0.05, 0.1) is 38.3 Å². The van der Waals surface area contributed by atoms with Crippen LogP contribution in [-0.2, 0) is 0 Å². The van der Waals surface area contributed by atoms with E-state index in [9.17, 15) is 9.59 Å². The smallest absolute Gasteiger partial charge is 0.296 e. The first-order chi connectivity index (χ1) is 18.0. The molecule has 3 aromatic carbocycles. The van der Waals surface area contributed by atoms with Crippen LogP contribution in [-0.4, -0.2) is 32.4 Å². The van der Waals surface area contributed by atoms with Crippen LogP contribution in [0.1, 0.15) is 33.5 Å². The van der Waals surface area contributed by atoms with Crippen molar-refractivity contribution in [1.29, 1.82) is 0 Å². The molecule has 1 aliphatic rings. The Hall–Kier alpha value is -4.79. The molecule has 0 N–H and O–H groups in total. The van der Waals surface area contributed by atoms with Gasteiger partial charge in [-0.1, -0.05) is 35.5 Å². The third kappa shape index (κ3) is 3.27. The zero-order valence-corrected chi connectivity index (χ0v) is 20.5. The summed E-state index contributed by atoms with van der Waals surface area (Å²) in [6.07, 6.45) is 0. The average Bonchev–Trinajstić information content (AvgIpc) is 3.47. The van der Waals surface area contributed by atoms with Gasteiger partial charge in [0, 0.05) is 6.07 Å². The highest BCUT2D eigenvalue weighted by Crippen LogP contribution is 2.46.